The van der Waals surface area contributed by atoms with Crippen LogP contribution in [0.25, 0.3) is 0 Å². The molecule has 0 spiro atoms. The van der Waals surface area contributed by atoms with E-state index in [4.69, 9.17) is 33.2 Å². The molecule has 0 N–H and O–H groups in total. The highest BCUT2D eigenvalue weighted by Gasteiger charge is 2.02. The van der Waals surface area contributed by atoms with E-state index >= 15 is 0 Å². The van der Waals surface area contributed by atoms with Gasteiger partial charge in [-0.2, -0.15) is 0 Å². The molecule has 0 fully saturated rings. The van der Waals surface area contributed by atoms with Crippen molar-refractivity contribution < 1.29 is 33.2 Å². The lowest BCUT2D eigenvalue weighted by atomic mass is 10.2. The predicted octanol–water partition coefficient (Wildman–Crippen LogP) is 3.83. The van der Waals surface area contributed by atoms with E-state index in [0.29, 0.717) is 52.9 Å². The van der Waals surface area contributed by atoms with E-state index in [-0.39, 0.29) is 0 Å². The van der Waals surface area contributed by atoms with Crippen LogP contribution in [-0.2, 0) is 14.2 Å². The summed E-state index contributed by atoms with van der Waals surface area (Å²) in [6, 6.07) is 11.5. The van der Waals surface area contributed by atoms with E-state index in [1.165, 1.54) is 0 Å². The minimum atomic E-state index is 0.489. The first-order valence-corrected chi connectivity index (χ1v) is 10.4. The predicted molar refractivity (Wildman–Crippen MR) is 119 cm³/mol. The maximum absolute atomic E-state index is 5.66. The Kier molecular flexibility index (Phi) is 11.6. The molecule has 0 amide bonds. The maximum atomic E-state index is 5.66. The van der Waals surface area contributed by atoms with Crippen LogP contribution in [-0.4, -0.2) is 67.1 Å². The number of ether oxygens (including phenoxy) is 7. The van der Waals surface area contributed by atoms with Crippen molar-refractivity contribution in [1.29, 1.82) is 0 Å². The lowest BCUT2D eigenvalue weighted by Crippen LogP contribution is -2.14. The van der Waals surface area contributed by atoms with Gasteiger partial charge in [0.1, 0.15) is 36.2 Å². The zero-order valence-corrected chi connectivity index (χ0v) is 19.0. The topological polar surface area (TPSA) is 64.6 Å². The van der Waals surface area contributed by atoms with Crippen molar-refractivity contribution in [3.05, 3.63) is 47.5 Å². The molecule has 0 aliphatic rings. The van der Waals surface area contributed by atoms with Gasteiger partial charge in [-0.15, -0.1) is 0 Å². The van der Waals surface area contributed by atoms with Gasteiger partial charge in [0.25, 0.3) is 0 Å². The second-order valence-electron chi connectivity index (χ2n) is 6.80. The fourth-order valence-electron chi connectivity index (χ4n) is 2.86. The number of hydrogen-bond acceptors (Lipinski definition) is 7. The second kappa shape index (κ2) is 14.5. The molecule has 172 valence electrons. The summed E-state index contributed by atoms with van der Waals surface area (Å²) in [4.78, 5) is 0. The summed E-state index contributed by atoms with van der Waals surface area (Å²) in [5.74, 6) is 3.32. The summed E-state index contributed by atoms with van der Waals surface area (Å²) in [7, 11) is 3.31. The quantitative estimate of drug-likeness (QED) is 0.372. The molecule has 0 aromatic heterocycles. The Hall–Kier alpha value is -2.48. The van der Waals surface area contributed by atoms with Gasteiger partial charge in [0.05, 0.1) is 53.9 Å². The molecule has 0 unspecified atom stereocenters. The maximum Gasteiger partial charge on any atom is 0.122 e. The van der Waals surface area contributed by atoms with Gasteiger partial charge in [-0.1, -0.05) is 0 Å². The summed E-state index contributed by atoms with van der Waals surface area (Å²) in [5.41, 5.74) is 2.08. The second-order valence-corrected chi connectivity index (χ2v) is 6.80. The van der Waals surface area contributed by atoms with Crippen molar-refractivity contribution in [2.45, 2.75) is 13.8 Å². The average Bonchev–Trinajstić information content (AvgIpc) is 2.77. The molecule has 2 aromatic carbocycles. The highest BCUT2D eigenvalue weighted by molar-refractivity contribution is 5.39. The molecule has 2 aromatic rings. The van der Waals surface area contributed by atoms with Crippen molar-refractivity contribution >= 4 is 0 Å². The summed E-state index contributed by atoms with van der Waals surface area (Å²) >= 11 is 0. The van der Waals surface area contributed by atoms with Gasteiger partial charge in [0.15, 0.2) is 0 Å². The van der Waals surface area contributed by atoms with Crippen LogP contribution in [0.15, 0.2) is 36.4 Å². The molecule has 7 nitrogen and oxygen atoms in total. The standard InChI is InChI=1S/C24H34O7/c1-19-17-21(5-7-23(19)25-3)30-15-13-28-11-9-27-10-12-29-14-16-31-22-6-8-24(26-4)20(2)18-22/h5-8,17-18H,9-16H2,1-4H3. The molecule has 0 heterocycles. The van der Waals surface area contributed by atoms with Gasteiger partial charge < -0.3 is 33.2 Å². The normalized spacial score (nSPS) is 10.7. The van der Waals surface area contributed by atoms with Gasteiger partial charge >= 0.3 is 0 Å². The number of rotatable bonds is 16. The number of methoxy groups -OCH3 is 2. The first kappa shape index (κ1) is 24.8. The Morgan fingerprint density at radius 1 is 0.516 bits per heavy atom. The smallest absolute Gasteiger partial charge is 0.122 e. The van der Waals surface area contributed by atoms with Crippen molar-refractivity contribution in [3.63, 3.8) is 0 Å². The van der Waals surface area contributed by atoms with E-state index in [9.17, 15) is 0 Å². The molecule has 0 radical (unpaired) electrons. The Labute approximate surface area is 185 Å². The first-order valence-electron chi connectivity index (χ1n) is 10.4. The van der Waals surface area contributed by atoms with Gasteiger partial charge in [0, 0.05) is 0 Å². The number of hydrogen-bond donors (Lipinski definition) is 0. The van der Waals surface area contributed by atoms with Crippen molar-refractivity contribution in [2.75, 3.05) is 67.1 Å². The largest absolute Gasteiger partial charge is 0.496 e. The van der Waals surface area contributed by atoms with Crippen molar-refractivity contribution in [1.82, 2.24) is 0 Å². The van der Waals surface area contributed by atoms with Crippen LogP contribution < -0.4 is 18.9 Å². The zero-order valence-electron chi connectivity index (χ0n) is 19.0. The molecule has 0 aliphatic carbocycles. The molecule has 31 heavy (non-hydrogen) atoms. The third-order valence-electron chi connectivity index (χ3n) is 4.47. The Balaban J connectivity index is 1.39. The van der Waals surface area contributed by atoms with Crippen molar-refractivity contribution in [2.24, 2.45) is 0 Å². The fraction of sp³-hybridized carbons (Fsp3) is 0.500. The summed E-state index contributed by atoms with van der Waals surface area (Å²) < 4.78 is 38.3. The summed E-state index contributed by atoms with van der Waals surface area (Å²) in [5, 5.41) is 0. The number of aryl methyl sites for hydroxylation is 2. The third kappa shape index (κ3) is 9.46. The SMILES string of the molecule is COc1ccc(OCCOCCOCCOCCOc2ccc(OC)c(C)c2)cc1C. The molecule has 0 bridgehead atoms. The highest BCUT2D eigenvalue weighted by atomic mass is 16.6. The Morgan fingerprint density at radius 3 is 1.19 bits per heavy atom. The van der Waals surface area contributed by atoms with E-state index in [1.807, 2.05) is 50.2 Å². The summed E-state index contributed by atoms with van der Waals surface area (Å²) in [6.07, 6.45) is 0. The van der Waals surface area contributed by atoms with Crippen LogP contribution >= 0.6 is 0 Å². The summed E-state index contributed by atoms with van der Waals surface area (Å²) in [6.45, 7) is 8.04. The van der Waals surface area contributed by atoms with E-state index in [1.54, 1.807) is 14.2 Å². The molecule has 7 heteroatoms. The molecule has 0 saturated heterocycles. The van der Waals surface area contributed by atoms with Crippen LogP contribution in [0.2, 0.25) is 0 Å². The molecular formula is C24H34O7. The third-order valence-corrected chi connectivity index (χ3v) is 4.47. The van der Waals surface area contributed by atoms with Crippen LogP contribution in [0.3, 0.4) is 0 Å². The van der Waals surface area contributed by atoms with Gasteiger partial charge in [-0.25, -0.2) is 0 Å². The lowest BCUT2D eigenvalue weighted by molar-refractivity contribution is 0.00498. The van der Waals surface area contributed by atoms with Gasteiger partial charge in [-0.05, 0) is 61.4 Å². The monoisotopic (exact) mass is 434 g/mol. The minimum absolute atomic E-state index is 0.489. The Morgan fingerprint density at radius 2 is 0.871 bits per heavy atom. The molecule has 2 rings (SSSR count). The van der Waals surface area contributed by atoms with Crippen LogP contribution in [0.4, 0.5) is 0 Å². The van der Waals surface area contributed by atoms with Gasteiger partial charge in [-0.3, -0.25) is 0 Å². The molecular weight excluding hydrogens is 400 g/mol. The highest BCUT2D eigenvalue weighted by Crippen LogP contribution is 2.23. The fourth-order valence-corrected chi connectivity index (χ4v) is 2.86. The molecule has 0 saturated carbocycles. The van der Waals surface area contributed by atoms with Crippen molar-refractivity contribution in [3.8, 4) is 23.0 Å². The lowest BCUT2D eigenvalue weighted by Gasteiger charge is -2.11. The van der Waals surface area contributed by atoms with E-state index in [2.05, 4.69) is 0 Å². The van der Waals surface area contributed by atoms with Gasteiger partial charge in [0.2, 0.25) is 0 Å². The number of benzene rings is 2. The van der Waals surface area contributed by atoms with Crippen LogP contribution in [0, 0.1) is 13.8 Å². The van der Waals surface area contributed by atoms with Crippen LogP contribution in [0.1, 0.15) is 11.1 Å². The minimum Gasteiger partial charge on any atom is -0.496 e. The first-order chi connectivity index (χ1) is 15.1. The van der Waals surface area contributed by atoms with E-state index < -0.39 is 0 Å². The van der Waals surface area contributed by atoms with E-state index in [0.717, 1.165) is 34.1 Å². The average molecular weight is 435 g/mol. The Bertz CT molecular complexity index is 700. The zero-order chi connectivity index (χ0) is 22.3. The molecule has 0 atom stereocenters. The van der Waals surface area contributed by atoms with Crippen LogP contribution in [0.5, 0.6) is 23.0 Å². The molecule has 0 aliphatic heterocycles.